The number of hydrogen-bond acceptors (Lipinski definition) is 8. The number of ether oxygens (including phenoxy) is 2. The van der Waals surface area contributed by atoms with E-state index in [2.05, 4.69) is 5.32 Å². The zero-order valence-electron chi connectivity index (χ0n) is 20.8. The van der Waals surface area contributed by atoms with Gasteiger partial charge in [0.2, 0.25) is 0 Å². The van der Waals surface area contributed by atoms with Gasteiger partial charge in [-0.15, -0.1) is 0 Å². The van der Waals surface area contributed by atoms with Gasteiger partial charge in [-0.05, 0) is 54.0 Å². The highest BCUT2D eigenvalue weighted by atomic mass is 31.2. The van der Waals surface area contributed by atoms with Gasteiger partial charge in [0.25, 0.3) is 0 Å². The minimum Gasteiger partial charge on any atom is -0.464 e. The van der Waals surface area contributed by atoms with Crippen LogP contribution in [-0.4, -0.2) is 46.9 Å². The van der Waals surface area contributed by atoms with Gasteiger partial charge in [0, 0.05) is 5.92 Å². The van der Waals surface area contributed by atoms with E-state index in [1.165, 1.54) is 6.92 Å². The molecule has 1 aromatic carbocycles. The Kier molecular flexibility index (Phi) is 10.6. The van der Waals surface area contributed by atoms with Gasteiger partial charge < -0.3 is 28.9 Å². The number of amides is 1. The second-order valence-corrected chi connectivity index (χ2v) is 11.6. The molecule has 0 aromatic heterocycles. The zero-order valence-corrected chi connectivity index (χ0v) is 21.7. The fourth-order valence-corrected chi connectivity index (χ4v) is 5.41. The number of alkyl carbamates (subject to hydrolysis) is 1. The molecule has 0 aliphatic rings. The van der Waals surface area contributed by atoms with Crippen molar-refractivity contribution in [3.8, 4) is 0 Å². The second-order valence-electron chi connectivity index (χ2n) is 9.66. The van der Waals surface area contributed by atoms with Crippen LogP contribution in [0.15, 0.2) is 30.3 Å². The van der Waals surface area contributed by atoms with Crippen LogP contribution in [0.25, 0.3) is 0 Å². The first-order chi connectivity index (χ1) is 15.1. The highest BCUT2D eigenvalue weighted by Crippen LogP contribution is 2.59. The third kappa shape index (κ3) is 10.3. The number of hydrogen-bond donors (Lipinski definition) is 2. The van der Waals surface area contributed by atoms with Crippen LogP contribution in [0.3, 0.4) is 0 Å². The van der Waals surface area contributed by atoms with Crippen molar-refractivity contribution in [1.82, 2.24) is 5.32 Å². The molecule has 0 saturated heterocycles. The van der Waals surface area contributed by atoms with E-state index < -0.39 is 48.7 Å². The number of nitrogens with one attached hydrogen (secondary N) is 1. The monoisotopic (exact) mass is 487 g/mol. The summed E-state index contributed by atoms with van der Waals surface area (Å²) < 4.78 is 35.3. The number of rotatable bonds is 10. The molecule has 9 nitrogen and oxygen atoms in total. The van der Waals surface area contributed by atoms with E-state index in [1.807, 2.05) is 6.07 Å². The van der Waals surface area contributed by atoms with Crippen molar-refractivity contribution < 1.29 is 37.8 Å². The van der Waals surface area contributed by atoms with Crippen molar-refractivity contribution in [3.63, 3.8) is 0 Å². The van der Waals surface area contributed by atoms with Crippen LogP contribution in [-0.2, 0) is 34.5 Å². The molecule has 1 amide bonds. The van der Waals surface area contributed by atoms with E-state index in [-0.39, 0.29) is 13.2 Å². The molecule has 0 heterocycles. The van der Waals surface area contributed by atoms with Crippen LogP contribution < -0.4 is 5.32 Å². The summed E-state index contributed by atoms with van der Waals surface area (Å²) in [6.45, 7) is 13.1. The van der Waals surface area contributed by atoms with Gasteiger partial charge in [-0.3, -0.25) is 4.57 Å². The van der Waals surface area contributed by atoms with Gasteiger partial charge in [0.15, 0.2) is 5.85 Å². The summed E-state index contributed by atoms with van der Waals surface area (Å²) in [5.41, 5.74) is -1.07. The standard InChI is InChI=1S/C23H38NO8P/c1-9-29-19(25)18(24-21(27)30-15-17-13-11-10-12-14-17)16(2)20(26)33(28,31-22(3,4)5)32-23(6,7)8/h10-14,16,18,20,26H,9,15H2,1-8H3,(H,24,27)/t16-,18+,20?/m1/s1. The maximum absolute atomic E-state index is 13.7. The lowest BCUT2D eigenvalue weighted by Crippen LogP contribution is -2.50. The third-order valence-electron chi connectivity index (χ3n) is 4.15. The Morgan fingerprint density at radius 1 is 1.00 bits per heavy atom. The Labute approximate surface area is 196 Å². The Hall–Kier alpha value is -1.93. The molecule has 0 fully saturated rings. The summed E-state index contributed by atoms with van der Waals surface area (Å²) in [5.74, 6) is -3.64. The van der Waals surface area contributed by atoms with Gasteiger partial charge in [-0.1, -0.05) is 37.3 Å². The summed E-state index contributed by atoms with van der Waals surface area (Å²) in [6.07, 6.45) is -0.890. The van der Waals surface area contributed by atoms with Crippen molar-refractivity contribution in [1.29, 1.82) is 0 Å². The number of esters is 1. The normalized spacial score (nSPS) is 15.3. The van der Waals surface area contributed by atoms with E-state index in [9.17, 15) is 19.3 Å². The Bertz CT molecular complexity index is 796. The van der Waals surface area contributed by atoms with Crippen LogP contribution in [0.1, 0.15) is 61.0 Å². The Morgan fingerprint density at radius 3 is 1.97 bits per heavy atom. The topological polar surface area (TPSA) is 120 Å². The molecule has 1 unspecified atom stereocenters. The first kappa shape index (κ1) is 29.1. The summed E-state index contributed by atoms with van der Waals surface area (Å²) in [7, 11) is -4.17. The van der Waals surface area contributed by atoms with Crippen molar-refractivity contribution >= 4 is 19.7 Å². The molecular formula is C23H38NO8P. The Balaban J connectivity index is 3.10. The molecule has 0 aliphatic heterocycles. The average molecular weight is 488 g/mol. The third-order valence-corrected chi connectivity index (χ3v) is 6.87. The first-order valence-electron chi connectivity index (χ1n) is 10.9. The van der Waals surface area contributed by atoms with Crippen LogP contribution in [0, 0.1) is 5.92 Å². The molecule has 10 heteroatoms. The van der Waals surface area contributed by atoms with E-state index in [0.717, 1.165) is 5.56 Å². The number of aliphatic hydroxyl groups is 1. The van der Waals surface area contributed by atoms with Crippen LogP contribution in [0.2, 0.25) is 0 Å². The van der Waals surface area contributed by atoms with Crippen LogP contribution >= 0.6 is 7.60 Å². The summed E-state index contributed by atoms with van der Waals surface area (Å²) in [6, 6.07) is 7.65. The van der Waals surface area contributed by atoms with E-state index >= 15 is 0 Å². The lowest BCUT2D eigenvalue weighted by Gasteiger charge is -2.37. The number of carbonyl (C=O) groups is 2. The van der Waals surface area contributed by atoms with Crippen molar-refractivity contribution in [2.45, 2.75) is 85.1 Å². The lowest BCUT2D eigenvalue weighted by atomic mass is 10.0. The van der Waals surface area contributed by atoms with Crippen molar-refractivity contribution in [2.75, 3.05) is 6.61 Å². The molecule has 3 atom stereocenters. The maximum Gasteiger partial charge on any atom is 0.408 e. The number of aliphatic hydroxyl groups excluding tert-OH is 1. The minimum atomic E-state index is -4.17. The number of benzene rings is 1. The predicted octanol–water partition coefficient (Wildman–Crippen LogP) is 4.62. The fraction of sp³-hybridized carbons (Fsp3) is 0.652. The molecule has 0 saturated carbocycles. The molecule has 33 heavy (non-hydrogen) atoms. The fourth-order valence-electron chi connectivity index (χ4n) is 2.88. The van der Waals surface area contributed by atoms with E-state index in [4.69, 9.17) is 18.5 Å². The van der Waals surface area contributed by atoms with Gasteiger partial charge in [0.1, 0.15) is 12.6 Å². The molecule has 0 spiro atoms. The molecule has 188 valence electrons. The largest absolute Gasteiger partial charge is 0.464 e. The van der Waals surface area contributed by atoms with Gasteiger partial charge in [-0.2, -0.15) is 0 Å². The summed E-state index contributed by atoms with van der Waals surface area (Å²) in [5, 5.41) is 13.5. The van der Waals surface area contributed by atoms with Crippen LogP contribution in [0.4, 0.5) is 4.79 Å². The predicted molar refractivity (Wildman–Crippen MR) is 125 cm³/mol. The SMILES string of the molecule is CCOC(=O)[C@@H](NC(=O)OCc1ccccc1)[C@@H](C)C(O)P(=O)(OC(C)(C)C)OC(C)(C)C. The summed E-state index contributed by atoms with van der Waals surface area (Å²) >= 11 is 0. The van der Waals surface area contributed by atoms with Gasteiger partial charge in [0.05, 0.1) is 17.8 Å². The van der Waals surface area contributed by atoms with Crippen molar-refractivity contribution in [2.24, 2.45) is 5.92 Å². The van der Waals surface area contributed by atoms with E-state index in [1.54, 1.807) is 72.7 Å². The highest BCUT2D eigenvalue weighted by molar-refractivity contribution is 7.54. The smallest absolute Gasteiger partial charge is 0.408 e. The first-order valence-corrected chi connectivity index (χ1v) is 12.5. The molecule has 0 bridgehead atoms. The molecule has 0 aliphatic carbocycles. The summed E-state index contributed by atoms with van der Waals surface area (Å²) in [4.78, 5) is 25.0. The molecule has 1 rings (SSSR count). The van der Waals surface area contributed by atoms with E-state index in [0.29, 0.717) is 0 Å². The highest BCUT2D eigenvalue weighted by Gasteiger charge is 2.48. The molecule has 1 aromatic rings. The van der Waals surface area contributed by atoms with Gasteiger partial charge >= 0.3 is 19.7 Å². The number of carbonyl (C=O) groups excluding carboxylic acids is 2. The van der Waals surface area contributed by atoms with Crippen molar-refractivity contribution in [3.05, 3.63) is 35.9 Å². The van der Waals surface area contributed by atoms with Gasteiger partial charge in [-0.25, -0.2) is 9.59 Å². The zero-order chi connectivity index (χ0) is 25.4. The minimum absolute atomic E-state index is 0.0160. The molecule has 2 N–H and O–H groups in total. The van der Waals surface area contributed by atoms with Crippen LogP contribution in [0.5, 0.6) is 0 Å². The Morgan fingerprint density at radius 2 is 1.52 bits per heavy atom. The second kappa shape index (κ2) is 12.0. The molecule has 0 radical (unpaired) electrons. The average Bonchev–Trinajstić information content (AvgIpc) is 2.67. The molecular weight excluding hydrogens is 449 g/mol. The lowest BCUT2D eigenvalue weighted by molar-refractivity contribution is -0.147. The maximum atomic E-state index is 13.7. The quantitative estimate of drug-likeness (QED) is 0.362.